The summed E-state index contributed by atoms with van der Waals surface area (Å²) >= 11 is 0. The molecule has 0 fully saturated rings. The average Bonchev–Trinajstić information content (AvgIpc) is 2.19. The topological polar surface area (TPSA) is 69.6 Å². The van der Waals surface area contributed by atoms with Crippen LogP contribution >= 0.6 is 0 Å². The molecular weight excluding hydrogens is 169 g/mol. The minimum atomic E-state index is -0.750. The van der Waals surface area contributed by atoms with Gasteiger partial charge in [0.2, 0.25) is 0 Å². The molecule has 3 N–H and O–H groups in total. The fourth-order valence-electron chi connectivity index (χ4n) is 0.734. The number of carbonyl (C=O) groups is 1. The molecule has 0 spiro atoms. The Labute approximate surface area is 77.5 Å². The first-order chi connectivity index (χ1) is 6.26. The van der Waals surface area contributed by atoms with Gasteiger partial charge < -0.3 is 15.4 Å². The van der Waals surface area contributed by atoms with E-state index in [1.807, 2.05) is 18.2 Å². The molecule has 1 rings (SSSR count). The molecule has 5 heteroatoms. The summed E-state index contributed by atoms with van der Waals surface area (Å²) in [7, 11) is 0.870. The monoisotopic (exact) mass is 181 g/mol. The van der Waals surface area contributed by atoms with Gasteiger partial charge in [0.1, 0.15) is 0 Å². The number of hydrogen-bond donors (Lipinski definition) is 3. The van der Waals surface area contributed by atoms with Crippen molar-refractivity contribution in [1.29, 1.82) is 0 Å². The molecule has 1 aromatic carbocycles. The number of rotatable bonds is 1. The van der Waals surface area contributed by atoms with Gasteiger partial charge >= 0.3 is 7.69 Å². The molecule has 0 aliphatic heterocycles. The zero-order chi connectivity index (χ0) is 10.1. The van der Waals surface area contributed by atoms with Crippen molar-refractivity contribution in [3.8, 4) is 0 Å². The van der Waals surface area contributed by atoms with E-state index in [-0.39, 0.29) is 5.91 Å². The van der Waals surface area contributed by atoms with E-state index in [9.17, 15) is 4.79 Å². The van der Waals surface area contributed by atoms with Gasteiger partial charge in [-0.15, -0.1) is 0 Å². The Morgan fingerprint density at radius 3 is 2.15 bits per heavy atom. The maximum absolute atomic E-state index is 10.9. The lowest BCUT2D eigenvalue weighted by molar-refractivity contribution is 0.0963. The summed E-state index contributed by atoms with van der Waals surface area (Å²) in [5, 5.41) is 16.8. The van der Waals surface area contributed by atoms with E-state index in [2.05, 4.69) is 5.32 Å². The van der Waals surface area contributed by atoms with Gasteiger partial charge in [-0.3, -0.25) is 4.79 Å². The quantitative estimate of drug-likeness (QED) is 0.501. The molecule has 0 aliphatic rings. The standard InChI is InChI=1S/C8H9NO.BH3O2/c1-9-8(10)7-5-3-2-4-6-7;2-1-3/h2-6H,1H3,(H,9,10);1-3H. The molecule has 0 atom stereocenters. The van der Waals surface area contributed by atoms with Gasteiger partial charge in [-0.1, -0.05) is 18.2 Å². The lowest BCUT2D eigenvalue weighted by Crippen LogP contribution is -2.17. The van der Waals surface area contributed by atoms with Gasteiger partial charge in [-0.2, -0.15) is 0 Å². The summed E-state index contributed by atoms with van der Waals surface area (Å²) in [5.74, 6) is -0.0411. The van der Waals surface area contributed by atoms with Crippen molar-refractivity contribution < 1.29 is 14.8 Å². The molecule has 4 nitrogen and oxygen atoms in total. The maximum Gasteiger partial charge on any atom is 0.432 e. The van der Waals surface area contributed by atoms with Crippen molar-refractivity contribution >= 4 is 13.6 Å². The lowest BCUT2D eigenvalue weighted by Gasteiger charge is -1.96. The van der Waals surface area contributed by atoms with E-state index in [0.717, 1.165) is 0 Å². The molecule has 13 heavy (non-hydrogen) atoms. The summed E-state index contributed by atoms with van der Waals surface area (Å²) in [6, 6.07) is 9.11. The van der Waals surface area contributed by atoms with Gasteiger partial charge in [0.05, 0.1) is 0 Å². The summed E-state index contributed by atoms with van der Waals surface area (Å²) in [6.45, 7) is 0. The molecule has 0 heterocycles. The SMILES string of the molecule is CNC(=O)c1ccccc1.OBO. The lowest BCUT2D eigenvalue weighted by atomic mass is 10.2. The number of nitrogens with one attached hydrogen (secondary N) is 1. The number of benzene rings is 1. The first-order valence-electron chi connectivity index (χ1n) is 3.75. The van der Waals surface area contributed by atoms with Crippen LogP contribution < -0.4 is 5.32 Å². The van der Waals surface area contributed by atoms with Gasteiger partial charge in [0, 0.05) is 12.6 Å². The van der Waals surface area contributed by atoms with Crippen LogP contribution in [0.4, 0.5) is 0 Å². The fraction of sp³-hybridized carbons (Fsp3) is 0.125. The van der Waals surface area contributed by atoms with E-state index in [4.69, 9.17) is 10.0 Å². The average molecular weight is 181 g/mol. The van der Waals surface area contributed by atoms with Crippen molar-refractivity contribution in [2.24, 2.45) is 0 Å². The Balaban J connectivity index is 0.000000424. The number of carbonyl (C=O) groups excluding carboxylic acids is 1. The van der Waals surface area contributed by atoms with Crippen LogP contribution in [0, 0.1) is 0 Å². The molecule has 0 radical (unpaired) electrons. The molecule has 0 aliphatic carbocycles. The Morgan fingerprint density at radius 2 is 1.77 bits per heavy atom. The normalized spacial score (nSPS) is 7.92. The van der Waals surface area contributed by atoms with E-state index in [0.29, 0.717) is 5.56 Å². The van der Waals surface area contributed by atoms with Crippen LogP contribution in [0.5, 0.6) is 0 Å². The third-order valence-electron chi connectivity index (χ3n) is 1.26. The van der Waals surface area contributed by atoms with Crippen LogP contribution in [-0.2, 0) is 0 Å². The smallest absolute Gasteiger partial charge is 0.430 e. The van der Waals surface area contributed by atoms with Gasteiger partial charge in [-0.25, -0.2) is 0 Å². The number of hydrogen-bond acceptors (Lipinski definition) is 3. The Kier molecular flexibility index (Phi) is 6.58. The van der Waals surface area contributed by atoms with Gasteiger partial charge in [-0.05, 0) is 12.1 Å². The van der Waals surface area contributed by atoms with E-state index >= 15 is 0 Å². The van der Waals surface area contributed by atoms with Crippen LogP contribution in [0.15, 0.2) is 30.3 Å². The minimum Gasteiger partial charge on any atom is -0.430 e. The highest BCUT2D eigenvalue weighted by Crippen LogP contribution is 1.96. The van der Waals surface area contributed by atoms with E-state index < -0.39 is 7.69 Å². The second-order valence-electron chi connectivity index (χ2n) is 2.09. The first-order valence-corrected chi connectivity index (χ1v) is 3.75. The van der Waals surface area contributed by atoms with Crippen molar-refractivity contribution in [3.05, 3.63) is 35.9 Å². The van der Waals surface area contributed by atoms with E-state index in [1.54, 1.807) is 19.2 Å². The van der Waals surface area contributed by atoms with Gasteiger partial charge in [0.25, 0.3) is 5.91 Å². The first kappa shape index (κ1) is 11.7. The van der Waals surface area contributed by atoms with Crippen LogP contribution in [0.25, 0.3) is 0 Å². The summed E-state index contributed by atoms with van der Waals surface area (Å²) in [6.07, 6.45) is 0. The molecule has 0 aromatic heterocycles. The summed E-state index contributed by atoms with van der Waals surface area (Å²) in [5.41, 5.74) is 0.699. The summed E-state index contributed by atoms with van der Waals surface area (Å²) in [4.78, 5) is 10.9. The third-order valence-corrected chi connectivity index (χ3v) is 1.26. The molecule has 0 saturated carbocycles. The predicted octanol–water partition coefficient (Wildman–Crippen LogP) is -0.716. The highest BCUT2D eigenvalue weighted by molar-refractivity contribution is 6.13. The second-order valence-corrected chi connectivity index (χ2v) is 2.09. The predicted molar refractivity (Wildman–Crippen MR) is 51.4 cm³/mol. The Bertz CT molecular complexity index is 240. The second kappa shape index (κ2) is 7.33. The highest BCUT2D eigenvalue weighted by Gasteiger charge is 1.97. The van der Waals surface area contributed by atoms with Gasteiger partial charge in [0.15, 0.2) is 0 Å². The third kappa shape index (κ3) is 5.00. The largest absolute Gasteiger partial charge is 0.432 e. The van der Waals surface area contributed by atoms with Crippen molar-refractivity contribution in [1.82, 2.24) is 5.32 Å². The molecule has 0 saturated heterocycles. The highest BCUT2D eigenvalue weighted by atomic mass is 16.4. The fourth-order valence-corrected chi connectivity index (χ4v) is 0.734. The van der Waals surface area contributed by atoms with Crippen LogP contribution in [0.2, 0.25) is 0 Å². The Morgan fingerprint density at radius 1 is 1.31 bits per heavy atom. The molecule has 1 aromatic rings. The number of amides is 1. The zero-order valence-electron chi connectivity index (χ0n) is 7.40. The Hall–Kier alpha value is -1.33. The maximum atomic E-state index is 10.9. The summed E-state index contributed by atoms with van der Waals surface area (Å²) < 4.78 is 0. The molecule has 1 amide bonds. The van der Waals surface area contributed by atoms with E-state index in [1.165, 1.54) is 0 Å². The van der Waals surface area contributed by atoms with Crippen molar-refractivity contribution in [2.75, 3.05) is 7.05 Å². The molecule has 0 bridgehead atoms. The minimum absolute atomic E-state index is 0.0411. The van der Waals surface area contributed by atoms with Crippen molar-refractivity contribution in [3.63, 3.8) is 0 Å². The van der Waals surface area contributed by atoms with Crippen molar-refractivity contribution in [2.45, 2.75) is 0 Å². The van der Waals surface area contributed by atoms with Crippen LogP contribution in [0.3, 0.4) is 0 Å². The molecule has 0 unspecified atom stereocenters. The van der Waals surface area contributed by atoms with Crippen LogP contribution in [-0.4, -0.2) is 30.7 Å². The van der Waals surface area contributed by atoms with Crippen LogP contribution in [0.1, 0.15) is 10.4 Å². The molecule has 70 valence electrons. The zero-order valence-corrected chi connectivity index (χ0v) is 7.40. The molecular formula is C8H12BNO3.